The average molecular weight is 182 g/mol. The van der Waals surface area contributed by atoms with E-state index in [9.17, 15) is 0 Å². The van der Waals surface area contributed by atoms with Gasteiger partial charge in [0.2, 0.25) is 0 Å². The summed E-state index contributed by atoms with van der Waals surface area (Å²) in [6.07, 6.45) is 8.63. The van der Waals surface area contributed by atoms with Gasteiger partial charge in [-0.05, 0) is 23.7 Å². The Balaban J connectivity index is 2.59. The molecule has 1 aliphatic carbocycles. The molecule has 0 aromatic heterocycles. The van der Waals surface area contributed by atoms with Crippen molar-refractivity contribution in [3.05, 3.63) is 0 Å². The summed E-state index contributed by atoms with van der Waals surface area (Å²) >= 11 is 0. The third kappa shape index (κ3) is 2.27. The van der Waals surface area contributed by atoms with Crippen molar-refractivity contribution in [2.75, 3.05) is 0 Å². The summed E-state index contributed by atoms with van der Waals surface area (Å²) < 4.78 is 0. The first-order chi connectivity index (χ1) is 6.11. The molecule has 0 N–H and O–H groups in total. The van der Waals surface area contributed by atoms with Gasteiger partial charge in [0.1, 0.15) is 0 Å². The fraction of sp³-hybridized carbons (Fsp3) is 1.00. The molecule has 1 unspecified atom stereocenters. The third-order valence-electron chi connectivity index (χ3n) is 4.58. The van der Waals surface area contributed by atoms with Gasteiger partial charge in [0, 0.05) is 0 Å². The molecule has 0 aliphatic heterocycles. The van der Waals surface area contributed by atoms with E-state index in [4.69, 9.17) is 0 Å². The highest BCUT2D eigenvalue weighted by atomic mass is 14.4. The Bertz CT molecular complexity index is 150. The molecule has 1 rings (SSSR count). The summed E-state index contributed by atoms with van der Waals surface area (Å²) in [4.78, 5) is 0. The predicted molar refractivity (Wildman–Crippen MR) is 59.8 cm³/mol. The molecule has 1 saturated carbocycles. The molecule has 13 heavy (non-hydrogen) atoms. The second-order valence-corrected chi connectivity index (χ2v) is 5.34. The van der Waals surface area contributed by atoms with Gasteiger partial charge in [0.25, 0.3) is 0 Å². The number of rotatable bonds is 3. The Labute approximate surface area is 84.1 Å². The Hall–Kier alpha value is 0. The van der Waals surface area contributed by atoms with Crippen LogP contribution in [0.25, 0.3) is 0 Å². The molecular weight excluding hydrogens is 156 g/mol. The molecule has 0 aromatic carbocycles. The zero-order valence-corrected chi connectivity index (χ0v) is 9.90. The first-order valence-corrected chi connectivity index (χ1v) is 6.11. The summed E-state index contributed by atoms with van der Waals surface area (Å²) in [6, 6.07) is 0. The van der Waals surface area contributed by atoms with E-state index in [0.29, 0.717) is 5.41 Å². The first-order valence-electron chi connectivity index (χ1n) is 6.11. The van der Waals surface area contributed by atoms with E-state index in [-0.39, 0.29) is 0 Å². The number of hydrogen-bond acceptors (Lipinski definition) is 0. The van der Waals surface area contributed by atoms with E-state index in [1.807, 2.05) is 0 Å². The minimum Gasteiger partial charge on any atom is -0.0654 e. The fourth-order valence-electron chi connectivity index (χ4n) is 3.03. The van der Waals surface area contributed by atoms with E-state index in [2.05, 4.69) is 27.7 Å². The topological polar surface area (TPSA) is 0 Å². The molecule has 1 aliphatic rings. The van der Waals surface area contributed by atoms with Gasteiger partial charge in [-0.1, -0.05) is 59.8 Å². The van der Waals surface area contributed by atoms with Crippen LogP contribution in [0.3, 0.4) is 0 Å². The van der Waals surface area contributed by atoms with Crippen LogP contribution >= 0.6 is 0 Å². The van der Waals surface area contributed by atoms with Gasteiger partial charge in [-0.2, -0.15) is 0 Å². The maximum Gasteiger partial charge on any atom is -0.0274 e. The molecule has 0 amide bonds. The standard InChI is InChI=1S/C13H26/c1-5-8-11(2)13(4)10-7-6-9-12(13)3/h11-12H,5-10H2,1-4H3/t11?,12-,13-/m1/s1. The highest BCUT2D eigenvalue weighted by Gasteiger charge is 2.37. The minimum absolute atomic E-state index is 0.647. The van der Waals surface area contributed by atoms with Gasteiger partial charge in [-0.15, -0.1) is 0 Å². The molecule has 0 radical (unpaired) electrons. The van der Waals surface area contributed by atoms with Crippen molar-refractivity contribution in [3.63, 3.8) is 0 Å². The summed E-state index contributed by atoms with van der Waals surface area (Å²) in [5.41, 5.74) is 0.647. The van der Waals surface area contributed by atoms with Gasteiger partial charge in [-0.3, -0.25) is 0 Å². The minimum atomic E-state index is 0.647. The maximum atomic E-state index is 2.52. The van der Waals surface area contributed by atoms with Crippen LogP contribution in [0, 0.1) is 17.3 Å². The Kier molecular flexibility index (Phi) is 3.82. The molecule has 78 valence electrons. The van der Waals surface area contributed by atoms with Crippen molar-refractivity contribution >= 4 is 0 Å². The predicted octanol–water partition coefficient (Wildman–Crippen LogP) is 4.64. The smallest absolute Gasteiger partial charge is 0.0274 e. The highest BCUT2D eigenvalue weighted by Crippen LogP contribution is 2.47. The van der Waals surface area contributed by atoms with Crippen molar-refractivity contribution in [2.24, 2.45) is 17.3 Å². The summed E-state index contributed by atoms with van der Waals surface area (Å²) in [6.45, 7) is 9.77. The van der Waals surface area contributed by atoms with Crippen LogP contribution in [0.15, 0.2) is 0 Å². The first kappa shape index (κ1) is 11.1. The lowest BCUT2D eigenvalue weighted by Crippen LogP contribution is -2.35. The van der Waals surface area contributed by atoms with E-state index >= 15 is 0 Å². The molecule has 0 aromatic rings. The van der Waals surface area contributed by atoms with Crippen LogP contribution in [0.5, 0.6) is 0 Å². The van der Waals surface area contributed by atoms with Crippen LogP contribution in [0.2, 0.25) is 0 Å². The summed E-state index contributed by atoms with van der Waals surface area (Å²) in [7, 11) is 0. The van der Waals surface area contributed by atoms with Gasteiger partial charge >= 0.3 is 0 Å². The van der Waals surface area contributed by atoms with E-state index < -0.39 is 0 Å². The molecule has 0 bridgehead atoms. The van der Waals surface area contributed by atoms with Crippen LogP contribution < -0.4 is 0 Å². The van der Waals surface area contributed by atoms with Gasteiger partial charge < -0.3 is 0 Å². The second-order valence-electron chi connectivity index (χ2n) is 5.34. The molecule has 0 heteroatoms. The van der Waals surface area contributed by atoms with E-state index in [0.717, 1.165) is 11.8 Å². The van der Waals surface area contributed by atoms with Crippen LogP contribution in [0.1, 0.15) is 66.2 Å². The average Bonchev–Trinajstić information content (AvgIpc) is 2.11. The van der Waals surface area contributed by atoms with Crippen molar-refractivity contribution in [1.82, 2.24) is 0 Å². The number of hydrogen-bond donors (Lipinski definition) is 0. The zero-order chi connectivity index (χ0) is 9.90. The molecule has 3 atom stereocenters. The molecular formula is C13H26. The van der Waals surface area contributed by atoms with E-state index in [1.165, 1.54) is 38.5 Å². The van der Waals surface area contributed by atoms with Crippen molar-refractivity contribution < 1.29 is 0 Å². The van der Waals surface area contributed by atoms with E-state index in [1.54, 1.807) is 0 Å². The normalized spacial score (nSPS) is 37.4. The van der Waals surface area contributed by atoms with Crippen LogP contribution in [-0.4, -0.2) is 0 Å². The Morgan fingerprint density at radius 3 is 2.62 bits per heavy atom. The largest absolute Gasteiger partial charge is 0.0654 e. The molecule has 0 spiro atoms. The lowest BCUT2D eigenvalue weighted by Gasteiger charge is -2.44. The third-order valence-corrected chi connectivity index (χ3v) is 4.58. The van der Waals surface area contributed by atoms with Crippen molar-refractivity contribution in [2.45, 2.75) is 66.2 Å². The lowest BCUT2D eigenvalue weighted by molar-refractivity contribution is 0.0580. The molecule has 0 heterocycles. The van der Waals surface area contributed by atoms with Crippen LogP contribution in [-0.2, 0) is 0 Å². The summed E-state index contributed by atoms with van der Waals surface area (Å²) in [5.74, 6) is 1.87. The lowest BCUT2D eigenvalue weighted by atomic mass is 9.61. The second kappa shape index (κ2) is 4.48. The maximum absolute atomic E-state index is 2.52. The fourth-order valence-corrected chi connectivity index (χ4v) is 3.03. The van der Waals surface area contributed by atoms with Gasteiger partial charge in [-0.25, -0.2) is 0 Å². The Morgan fingerprint density at radius 2 is 2.08 bits per heavy atom. The highest BCUT2D eigenvalue weighted by molar-refractivity contribution is 4.87. The van der Waals surface area contributed by atoms with Gasteiger partial charge in [0.15, 0.2) is 0 Å². The Morgan fingerprint density at radius 1 is 1.38 bits per heavy atom. The zero-order valence-electron chi connectivity index (χ0n) is 9.90. The molecule has 1 fully saturated rings. The SMILES string of the molecule is CCCC(C)[C@@]1(C)CCCC[C@H]1C. The summed E-state index contributed by atoms with van der Waals surface area (Å²) in [5, 5.41) is 0. The van der Waals surface area contributed by atoms with Crippen LogP contribution in [0.4, 0.5) is 0 Å². The monoisotopic (exact) mass is 182 g/mol. The van der Waals surface area contributed by atoms with Crippen molar-refractivity contribution in [1.29, 1.82) is 0 Å². The molecule has 0 saturated heterocycles. The van der Waals surface area contributed by atoms with Gasteiger partial charge in [0.05, 0.1) is 0 Å². The quantitative estimate of drug-likeness (QED) is 0.596. The van der Waals surface area contributed by atoms with Crippen molar-refractivity contribution in [3.8, 4) is 0 Å². The molecule has 0 nitrogen and oxygen atoms in total.